The maximum absolute atomic E-state index is 14.3. The molecule has 0 radical (unpaired) electrons. The summed E-state index contributed by atoms with van der Waals surface area (Å²) in [6, 6.07) is 19.4. The highest BCUT2D eigenvalue weighted by atomic mass is 31.2. The van der Waals surface area contributed by atoms with Crippen molar-refractivity contribution >= 4 is 17.8 Å². The van der Waals surface area contributed by atoms with Crippen molar-refractivity contribution < 1.29 is 33.0 Å². The summed E-state index contributed by atoms with van der Waals surface area (Å²) in [4.78, 5) is 0. The molecule has 5 nitrogen and oxygen atoms in total. The molecule has 1 fully saturated rings. The monoisotopic (exact) mass is 460 g/mol. The lowest BCUT2D eigenvalue weighted by Crippen LogP contribution is -2.49. The van der Waals surface area contributed by atoms with Gasteiger partial charge in [0.15, 0.2) is 23.1 Å². The van der Waals surface area contributed by atoms with Crippen molar-refractivity contribution in [2.45, 2.75) is 24.7 Å². The quantitative estimate of drug-likeness (QED) is 0.550. The van der Waals surface area contributed by atoms with Gasteiger partial charge in [0.05, 0.1) is 12.7 Å². The fourth-order valence-electron chi connectivity index (χ4n) is 3.86. The van der Waals surface area contributed by atoms with Gasteiger partial charge >= 0.3 is 0 Å². The molecule has 3 atom stereocenters. The van der Waals surface area contributed by atoms with Crippen LogP contribution in [-0.4, -0.2) is 41.3 Å². The standard InChI is InChI=1S/C24H23F2O5P/c25-18-13-20(27)22(14-19(18)26)31-21-11-12-30-23(24(21)28)15-32(29,16-7-3-1-4-8-16)17-9-5-2-6-10-17/h1-10,13-14,21,23-24,27-28H,11-12,15H2/t21-,23-,24+/m1/s1. The lowest BCUT2D eigenvalue weighted by molar-refractivity contribution is -0.117. The third-order valence-electron chi connectivity index (χ3n) is 5.56. The second kappa shape index (κ2) is 9.41. The number of phenolic OH excluding ortho intramolecular Hbond substituents is 1. The lowest BCUT2D eigenvalue weighted by atomic mass is 10.0. The molecule has 0 amide bonds. The van der Waals surface area contributed by atoms with E-state index in [4.69, 9.17) is 9.47 Å². The Hall–Kier alpha value is -2.73. The first-order valence-corrected chi connectivity index (χ1v) is 12.1. The summed E-state index contributed by atoms with van der Waals surface area (Å²) in [7, 11) is -3.16. The molecule has 1 aliphatic heterocycles. The Kier molecular flexibility index (Phi) is 6.60. The number of phenols is 1. The smallest absolute Gasteiger partial charge is 0.164 e. The van der Waals surface area contributed by atoms with Crippen LogP contribution < -0.4 is 15.3 Å². The summed E-state index contributed by atoms with van der Waals surface area (Å²) >= 11 is 0. The Morgan fingerprint density at radius 3 is 2.12 bits per heavy atom. The number of aromatic hydroxyl groups is 1. The van der Waals surface area contributed by atoms with Gasteiger partial charge in [0.25, 0.3) is 0 Å². The van der Waals surface area contributed by atoms with Crippen LogP contribution in [0.3, 0.4) is 0 Å². The zero-order valence-corrected chi connectivity index (χ0v) is 18.0. The number of hydrogen-bond donors (Lipinski definition) is 2. The minimum Gasteiger partial charge on any atom is -0.504 e. The molecule has 1 heterocycles. The molecular weight excluding hydrogens is 437 g/mol. The van der Waals surface area contributed by atoms with Gasteiger partial charge in [-0.3, -0.25) is 0 Å². The van der Waals surface area contributed by atoms with E-state index in [0.717, 1.165) is 6.07 Å². The minimum absolute atomic E-state index is 0.0335. The van der Waals surface area contributed by atoms with Crippen molar-refractivity contribution in [3.05, 3.63) is 84.4 Å². The van der Waals surface area contributed by atoms with Crippen LogP contribution in [0, 0.1) is 11.6 Å². The molecule has 8 heteroatoms. The van der Waals surface area contributed by atoms with Gasteiger partial charge < -0.3 is 24.3 Å². The fourth-order valence-corrected chi connectivity index (χ4v) is 6.72. The number of halogens is 2. The van der Waals surface area contributed by atoms with E-state index in [0.29, 0.717) is 16.7 Å². The zero-order valence-electron chi connectivity index (χ0n) is 17.1. The first-order valence-electron chi connectivity index (χ1n) is 10.2. The van der Waals surface area contributed by atoms with Crippen LogP contribution in [0.25, 0.3) is 0 Å². The molecule has 168 valence electrons. The van der Waals surface area contributed by atoms with Gasteiger partial charge in [-0.25, -0.2) is 8.78 Å². The number of benzene rings is 3. The molecule has 32 heavy (non-hydrogen) atoms. The van der Waals surface area contributed by atoms with E-state index >= 15 is 0 Å². The topological polar surface area (TPSA) is 76.0 Å². The Labute approximate surface area is 184 Å². The maximum Gasteiger partial charge on any atom is 0.164 e. The van der Waals surface area contributed by atoms with Gasteiger partial charge in [0.1, 0.15) is 19.3 Å². The molecule has 0 bridgehead atoms. The van der Waals surface area contributed by atoms with Crippen molar-refractivity contribution in [3.63, 3.8) is 0 Å². The predicted octanol–water partition coefficient (Wildman–Crippen LogP) is 3.58. The molecule has 1 saturated heterocycles. The number of rotatable bonds is 6. The highest BCUT2D eigenvalue weighted by Gasteiger charge is 2.40. The van der Waals surface area contributed by atoms with Crippen molar-refractivity contribution in [2.75, 3.05) is 12.8 Å². The second-order valence-electron chi connectivity index (χ2n) is 7.67. The first kappa shape index (κ1) is 22.5. The summed E-state index contributed by atoms with van der Waals surface area (Å²) in [5.41, 5.74) is 0. The molecular formula is C24H23F2O5P. The molecule has 0 unspecified atom stereocenters. The molecule has 0 spiro atoms. The van der Waals surface area contributed by atoms with Crippen molar-refractivity contribution in [2.24, 2.45) is 0 Å². The molecule has 0 aromatic heterocycles. The van der Waals surface area contributed by atoms with Gasteiger partial charge in [-0.2, -0.15) is 0 Å². The van der Waals surface area contributed by atoms with Crippen molar-refractivity contribution in [1.82, 2.24) is 0 Å². The third-order valence-corrected chi connectivity index (χ3v) is 8.70. The molecule has 0 aliphatic carbocycles. The van der Waals surface area contributed by atoms with Crippen LogP contribution in [-0.2, 0) is 9.30 Å². The molecule has 0 saturated carbocycles. The van der Waals surface area contributed by atoms with E-state index in [-0.39, 0.29) is 24.9 Å². The van der Waals surface area contributed by atoms with Crippen LogP contribution in [0.2, 0.25) is 0 Å². The number of aliphatic hydroxyl groups excluding tert-OH is 1. The summed E-state index contributed by atoms with van der Waals surface area (Å²) in [6.45, 7) is 0.209. The van der Waals surface area contributed by atoms with Crippen molar-refractivity contribution in [1.29, 1.82) is 0 Å². The molecule has 4 rings (SSSR count). The van der Waals surface area contributed by atoms with Crippen LogP contribution in [0.15, 0.2) is 72.8 Å². The Morgan fingerprint density at radius 1 is 0.969 bits per heavy atom. The number of ether oxygens (including phenoxy) is 2. The fraction of sp³-hybridized carbons (Fsp3) is 0.250. The summed E-state index contributed by atoms with van der Waals surface area (Å²) < 4.78 is 52.5. The molecule has 1 aliphatic rings. The van der Waals surface area contributed by atoms with Crippen LogP contribution in [0.5, 0.6) is 11.5 Å². The third kappa shape index (κ3) is 4.56. The van der Waals surface area contributed by atoms with Crippen LogP contribution in [0.4, 0.5) is 8.78 Å². The average molecular weight is 460 g/mol. The van der Waals surface area contributed by atoms with Crippen LogP contribution >= 0.6 is 7.14 Å². The molecule has 2 N–H and O–H groups in total. The Morgan fingerprint density at radius 2 is 1.53 bits per heavy atom. The van der Waals surface area contributed by atoms with Gasteiger partial charge in [0.2, 0.25) is 0 Å². The van der Waals surface area contributed by atoms with E-state index in [2.05, 4.69) is 0 Å². The summed E-state index contributed by atoms with van der Waals surface area (Å²) in [5.74, 6) is -3.22. The van der Waals surface area contributed by atoms with E-state index in [9.17, 15) is 23.6 Å². The van der Waals surface area contributed by atoms with Gasteiger partial charge in [-0.15, -0.1) is 0 Å². The molecule has 3 aromatic carbocycles. The lowest BCUT2D eigenvalue weighted by Gasteiger charge is -2.36. The Balaban J connectivity index is 1.60. The van der Waals surface area contributed by atoms with Crippen molar-refractivity contribution in [3.8, 4) is 11.5 Å². The van der Waals surface area contributed by atoms with Gasteiger partial charge in [-0.05, 0) is 0 Å². The van der Waals surface area contributed by atoms with Gasteiger partial charge in [0, 0.05) is 35.3 Å². The van der Waals surface area contributed by atoms with E-state index in [1.165, 1.54) is 0 Å². The SMILES string of the molecule is O=P(C[C@H]1OCC[C@@H](Oc2cc(F)c(F)cc2O)[C@@H]1O)(c1ccccc1)c1ccccc1. The average Bonchev–Trinajstić information content (AvgIpc) is 2.81. The van der Waals surface area contributed by atoms with E-state index in [1.807, 2.05) is 12.1 Å². The van der Waals surface area contributed by atoms with E-state index < -0.39 is 42.8 Å². The zero-order chi connectivity index (χ0) is 22.7. The maximum atomic E-state index is 14.3. The Bertz CT molecular complexity index is 1070. The number of hydrogen-bond acceptors (Lipinski definition) is 5. The summed E-state index contributed by atoms with van der Waals surface area (Å²) in [6.07, 6.45) is -2.59. The normalized spacial score (nSPS) is 21.3. The minimum atomic E-state index is -3.16. The van der Waals surface area contributed by atoms with Crippen LogP contribution in [0.1, 0.15) is 6.42 Å². The highest BCUT2D eigenvalue weighted by molar-refractivity contribution is 7.78. The predicted molar refractivity (Wildman–Crippen MR) is 117 cm³/mol. The second-order valence-corrected chi connectivity index (χ2v) is 10.5. The first-order chi connectivity index (χ1) is 15.4. The number of aliphatic hydroxyl groups is 1. The largest absolute Gasteiger partial charge is 0.504 e. The van der Waals surface area contributed by atoms with Gasteiger partial charge in [-0.1, -0.05) is 60.7 Å². The highest BCUT2D eigenvalue weighted by Crippen LogP contribution is 2.45. The summed E-state index contributed by atoms with van der Waals surface area (Å²) in [5, 5.41) is 22.1. The van der Waals surface area contributed by atoms with E-state index in [1.54, 1.807) is 48.5 Å². The molecule has 3 aromatic rings.